The van der Waals surface area contributed by atoms with Crippen LogP contribution in [0.1, 0.15) is 25.8 Å². The Labute approximate surface area is 102 Å². The minimum Gasteiger partial charge on any atom is -0.325 e. The normalized spacial score (nSPS) is 15.6. The van der Waals surface area contributed by atoms with E-state index >= 15 is 0 Å². The summed E-state index contributed by atoms with van der Waals surface area (Å²) in [5, 5.41) is 3.23. The van der Waals surface area contributed by atoms with Gasteiger partial charge in [-0.05, 0) is 44.9 Å². The molecule has 0 spiro atoms. The number of aryl methyl sites for hydroxylation is 1. The summed E-state index contributed by atoms with van der Waals surface area (Å²) in [6.07, 6.45) is 7.00. The second-order valence-electron chi connectivity index (χ2n) is 4.38. The van der Waals surface area contributed by atoms with Gasteiger partial charge in [-0.1, -0.05) is 17.7 Å². The zero-order valence-corrected chi connectivity index (χ0v) is 10.5. The number of nitrogens with one attached hydrogen (secondary N) is 1. The van der Waals surface area contributed by atoms with Gasteiger partial charge in [-0.3, -0.25) is 0 Å². The average Bonchev–Trinajstić information content (AvgIpc) is 2.44. The lowest BCUT2D eigenvalue weighted by molar-refractivity contribution is 1.18. The highest BCUT2D eigenvalue weighted by molar-refractivity contribution is 6.04. The molecule has 3 heteroatoms. The molecule has 0 amide bonds. The van der Waals surface area contributed by atoms with Gasteiger partial charge < -0.3 is 5.32 Å². The molecule has 0 saturated heterocycles. The first-order chi connectivity index (χ1) is 8.13. The van der Waals surface area contributed by atoms with Crippen molar-refractivity contribution >= 4 is 11.7 Å². The van der Waals surface area contributed by atoms with Crippen molar-refractivity contribution in [2.45, 2.75) is 27.2 Å². The van der Waals surface area contributed by atoms with Gasteiger partial charge in [0.1, 0.15) is 11.7 Å². The van der Waals surface area contributed by atoms with Gasteiger partial charge in [-0.2, -0.15) is 0 Å². The van der Waals surface area contributed by atoms with Crippen molar-refractivity contribution < 1.29 is 0 Å². The van der Waals surface area contributed by atoms with Gasteiger partial charge in [-0.25, -0.2) is 9.98 Å². The van der Waals surface area contributed by atoms with E-state index in [4.69, 9.17) is 0 Å². The van der Waals surface area contributed by atoms with E-state index in [1.165, 1.54) is 5.57 Å². The summed E-state index contributed by atoms with van der Waals surface area (Å²) in [4.78, 5) is 8.81. The number of pyridine rings is 1. The van der Waals surface area contributed by atoms with E-state index in [0.29, 0.717) is 0 Å². The van der Waals surface area contributed by atoms with Crippen LogP contribution in [0, 0.1) is 6.92 Å². The van der Waals surface area contributed by atoms with Crippen LogP contribution < -0.4 is 5.32 Å². The van der Waals surface area contributed by atoms with Crippen molar-refractivity contribution in [1.29, 1.82) is 0 Å². The van der Waals surface area contributed by atoms with Crippen LogP contribution in [0.4, 0.5) is 5.82 Å². The minimum atomic E-state index is 0.827. The van der Waals surface area contributed by atoms with Crippen LogP contribution in [-0.4, -0.2) is 10.8 Å². The molecule has 1 aliphatic rings. The third-order valence-corrected chi connectivity index (χ3v) is 2.57. The fourth-order valence-corrected chi connectivity index (χ4v) is 1.61. The molecule has 0 bridgehead atoms. The maximum absolute atomic E-state index is 4.49. The van der Waals surface area contributed by atoms with Gasteiger partial charge >= 0.3 is 0 Å². The molecule has 1 aliphatic heterocycles. The average molecular weight is 227 g/mol. The van der Waals surface area contributed by atoms with Crippen molar-refractivity contribution in [3.8, 4) is 0 Å². The van der Waals surface area contributed by atoms with E-state index in [1.807, 2.05) is 32.2 Å². The third kappa shape index (κ3) is 3.28. The van der Waals surface area contributed by atoms with Crippen LogP contribution in [0.25, 0.3) is 0 Å². The highest BCUT2D eigenvalue weighted by atomic mass is 15.1. The van der Waals surface area contributed by atoms with E-state index in [-0.39, 0.29) is 0 Å². The topological polar surface area (TPSA) is 37.3 Å². The molecule has 2 rings (SSSR count). The Morgan fingerprint density at radius 3 is 2.71 bits per heavy atom. The fourth-order valence-electron chi connectivity index (χ4n) is 1.61. The lowest BCUT2D eigenvalue weighted by Gasteiger charge is -2.05. The van der Waals surface area contributed by atoms with Crippen molar-refractivity contribution in [1.82, 2.24) is 4.98 Å². The van der Waals surface area contributed by atoms with E-state index in [9.17, 15) is 0 Å². The SMILES string of the molecule is CC1=CC(Nc2ccc(C)cn2)=NC(C)=CC1. The number of allylic oxidation sites excluding steroid dienone is 3. The molecule has 0 aromatic carbocycles. The fraction of sp³-hybridized carbons (Fsp3) is 0.286. The molecule has 3 nitrogen and oxygen atoms in total. The Morgan fingerprint density at radius 2 is 2.00 bits per heavy atom. The smallest absolute Gasteiger partial charge is 0.131 e. The predicted octanol–water partition coefficient (Wildman–Crippen LogP) is 3.45. The molecule has 1 aromatic heterocycles. The molecule has 1 aromatic rings. The lowest BCUT2D eigenvalue weighted by Crippen LogP contribution is -2.10. The number of hydrogen-bond acceptors (Lipinski definition) is 3. The zero-order valence-electron chi connectivity index (χ0n) is 10.5. The van der Waals surface area contributed by atoms with Gasteiger partial charge in [0.25, 0.3) is 0 Å². The Bertz CT molecular complexity index is 493. The molecule has 88 valence electrons. The van der Waals surface area contributed by atoms with Crippen LogP contribution >= 0.6 is 0 Å². The second-order valence-corrected chi connectivity index (χ2v) is 4.38. The monoisotopic (exact) mass is 227 g/mol. The molecule has 0 saturated carbocycles. The Kier molecular flexibility index (Phi) is 3.38. The molecular formula is C14H17N3. The predicted molar refractivity (Wildman–Crippen MR) is 72.2 cm³/mol. The van der Waals surface area contributed by atoms with Crippen molar-refractivity contribution in [2.24, 2.45) is 4.99 Å². The molecule has 0 radical (unpaired) electrons. The zero-order chi connectivity index (χ0) is 12.3. The number of amidine groups is 1. The number of anilines is 1. The summed E-state index contributed by atoms with van der Waals surface area (Å²) in [7, 11) is 0. The molecule has 2 heterocycles. The number of rotatable bonds is 1. The summed E-state index contributed by atoms with van der Waals surface area (Å²) in [6.45, 7) is 6.14. The van der Waals surface area contributed by atoms with Crippen LogP contribution in [0.2, 0.25) is 0 Å². The first kappa shape index (κ1) is 11.6. The molecule has 0 atom stereocenters. The standard InChI is InChI=1S/C14H17N3/c1-10-4-6-12(3)16-14(8-10)17-13-7-5-11(2)9-15-13/h5-9H,4H2,1-3H3,(H,15,16,17). The maximum Gasteiger partial charge on any atom is 0.131 e. The number of nitrogens with zero attached hydrogens (tertiary/aromatic N) is 2. The summed E-state index contributed by atoms with van der Waals surface area (Å²) >= 11 is 0. The van der Waals surface area contributed by atoms with E-state index < -0.39 is 0 Å². The van der Waals surface area contributed by atoms with Gasteiger partial charge in [-0.15, -0.1) is 0 Å². The Hall–Kier alpha value is -1.90. The maximum atomic E-state index is 4.49. The summed E-state index contributed by atoms with van der Waals surface area (Å²) in [5.74, 6) is 1.68. The molecule has 0 unspecified atom stereocenters. The Morgan fingerprint density at radius 1 is 1.18 bits per heavy atom. The van der Waals surface area contributed by atoms with Crippen LogP contribution in [0.5, 0.6) is 0 Å². The quantitative estimate of drug-likeness (QED) is 0.797. The van der Waals surface area contributed by atoms with Gasteiger partial charge in [0.15, 0.2) is 0 Å². The molecular weight excluding hydrogens is 210 g/mol. The molecule has 17 heavy (non-hydrogen) atoms. The minimum absolute atomic E-state index is 0.827. The van der Waals surface area contributed by atoms with Gasteiger partial charge in [0, 0.05) is 11.9 Å². The highest BCUT2D eigenvalue weighted by Crippen LogP contribution is 2.12. The number of aromatic nitrogens is 1. The van der Waals surface area contributed by atoms with Crippen LogP contribution in [0.15, 0.2) is 46.7 Å². The first-order valence-electron chi connectivity index (χ1n) is 5.76. The first-order valence-corrected chi connectivity index (χ1v) is 5.76. The Balaban J connectivity index is 2.20. The molecule has 0 aliphatic carbocycles. The molecule has 1 N–H and O–H groups in total. The summed E-state index contributed by atoms with van der Waals surface area (Å²) in [6, 6.07) is 4.00. The third-order valence-electron chi connectivity index (χ3n) is 2.57. The van der Waals surface area contributed by atoms with Crippen molar-refractivity contribution in [2.75, 3.05) is 5.32 Å². The summed E-state index contributed by atoms with van der Waals surface area (Å²) < 4.78 is 0. The largest absolute Gasteiger partial charge is 0.325 e. The van der Waals surface area contributed by atoms with Crippen LogP contribution in [0.3, 0.4) is 0 Å². The van der Waals surface area contributed by atoms with Crippen molar-refractivity contribution in [3.05, 3.63) is 47.3 Å². The highest BCUT2D eigenvalue weighted by Gasteiger charge is 2.03. The molecule has 0 fully saturated rings. The van der Waals surface area contributed by atoms with Gasteiger partial charge in [0.05, 0.1) is 0 Å². The summed E-state index contributed by atoms with van der Waals surface area (Å²) in [5.41, 5.74) is 3.48. The second kappa shape index (κ2) is 4.95. The number of hydrogen-bond donors (Lipinski definition) is 1. The van der Waals surface area contributed by atoms with Crippen LogP contribution in [-0.2, 0) is 0 Å². The lowest BCUT2D eigenvalue weighted by atomic mass is 10.2. The van der Waals surface area contributed by atoms with E-state index in [0.717, 1.165) is 29.3 Å². The van der Waals surface area contributed by atoms with E-state index in [2.05, 4.69) is 34.4 Å². The van der Waals surface area contributed by atoms with Crippen molar-refractivity contribution in [3.63, 3.8) is 0 Å². The van der Waals surface area contributed by atoms with Gasteiger partial charge in [0.2, 0.25) is 0 Å². The van der Waals surface area contributed by atoms with E-state index in [1.54, 1.807) is 0 Å². The number of aliphatic imine (C=N–C) groups is 1.